The lowest BCUT2D eigenvalue weighted by Gasteiger charge is -2.19. The van der Waals surface area contributed by atoms with Crippen LogP contribution in [0, 0.1) is 6.17 Å². The third-order valence-electron chi connectivity index (χ3n) is 0.736. The molecule has 0 aromatic carbocycles. The largest absolute Gasteiger partial charge is 0.445 e. The monoisotopic (exact) mass is 193 g/mol. The van der Waals surface area contributed by atoms with Crippen LogP contribution in [-0.4, -0.2) is 12.3 Å². The van der Waals surface area contributed by atoms with Crippen LogP contribution < -0.4 is 0 Å². The molecule has 0 atom stereocenters. The van der Waals surface area contributed by atoms with Crippen LogP contribution in [0.3, 0.4) is 0 Å². The Morgan fingerprint density at radius 2 is 1.58 bits per heavy atom. The van der Waals surface area contributed by atoms with Gasteiger partial charge in [-0.15, -0.1) is 0 Å². The molecule has 0 saturated heterocycles. The Labute approximate surface area is 63.6 Å². The van der Waals surface area contributed by atoms with Gasteiger partial charge in [-0.2, -0.15) is 22.0 Å². The molecule has 0 saturated carbocycles. The highest BCUT2D eigenvalue weighted by Gasteiger charge is 2.60. The summed E-state index contributed by atoms with van der Waals surface area (Å²) in [4.78, 5) is 0. The van der Waals surface area contributed by atoms with E-state index in [2.05, 4.69) is 11.3 Å². The minimum atomic E-state index is -5.73. The van der Waals surface area contributed by atoms with Gasteiger partial charge in [0.2, 0.25) is 0 Å². The highest BCUT2D eigenvalue weighted by atomic mass is 19.4. The van der Waals surface area contributed by atoms with Gasteiger partial charge < -0.3 is 4.74 Å². The molecule has 0 aliphatic heterocycles. The van der Waals surface area contributed by atoms with Gasteiger partial charge in [0.1, 0.15) is 0 Å². The Kier molecular flexibility index (Phi) is 3.00. The first-order chi connectivity index (χ1) is 5.22. The molecular weight excluding hydrogens is 190 g/mol. The Morgan fingerprint density at radius 1 is 1.17 bits per heavy atom. The van der Waals surface area contributed by atoms with Crippen LogP contribution in [0.1, 0.15) is 0 Å². The minimum absolute atomic E-state index is 0.0192. The molecule has 0 aliphatic carbocycles. The zero-order valence-corrected chi connectivity index (χ0v) is 5.46. The lowest BCUT2D eigenvalue weighted by atomic mass is 10.3. The van der Waals surface area contributed by atoms with Crippen molar-refractivity contribution in [2.24, 2.45) is 0 Å². The van der Waals surface area contributed by atoms with E-state index in [1.807, 2.05) is 0 Å². The molecule has 0 unspecified atom stereocenters. The lowest BCUT2D eigenvalue weighted by molar-refractivity contribution is -0.270. The topological polar surface area (TPSA) is 9.23 Å². The molecular formula is C5H3F6O. The number of ether oxygens (including phenoxy) is 1. The van der Waals surface area contributed by atoms with Crippen LogP contribution in [0.4, 0.5) is 26.3 Å². The molecule has 71 valence electrons. The number of halogens is 6. The van der Waals surface area contributed by atoms with Gasteiger partial charge in [-0.25, -0.2) is 4.39 Å². The molecule has 0 bridgehead atoms. The maximum atomic E-state index is 11.9. The van der Waals surface area contributed by atoms with E-state index < -0.39 is 18.5 Å². The van der Waals surface area contributed by atoms with Crippen LogP contribution in [-0.2, 0) is 4.74 Å². The Morgan fingerprint density at radius 3 is 1.83 bits per heavy atom. The maximum Gasteiger partial charge on any atom is 0.445 e. The first kappa shape index (κ1) is 11.1. The van der Waals surface area contributed by atoms with Gasteiger partial charge in [-0.1, -0.05) is 6.58 Å². The summed E-state index contributed by atoms with van der Waals surface area (Å²) in [6.07, 6.45) is -14.2. The first-order valence-electron chi connectivity index (χ1n) is 2.48. The number of alkyl halides is 5. The molecule has 1 radical (unpaired) electrons. The van der Waals surface area contributed by atoms with Crippen molar-refractivity contribution in [3.05, 3.63) is 19.0 Å². The van der Waals surface area contributed by atoms with Crippen LogP contribution in [0.25, 0.3) is 0 Å². The SMILES string of the molecule is C=COC(F)(F)[C](F)C(F)(F)F. The van der Waals surface area contributed by atoms with Gasteiger partial charge in [0, 0.05) is 0 Å². The van der Waals surface area contributed by atoms with Gasteiger partial charge in [0.05, 0.1) is 6.26 Å². The summed E-state index contributed by atoms with van der Waals surface area (Å²) >= 11 is 0. The molecule has 0 rings (SSSR count). The van der Waals surface area contributed by atoms with Crippen molar-refractivity contribution >= 4 is 0 Å². The quantitative estimate of drug-likeness (QED) is 0.494. The average Bonchev–Trinajstić information content (AvgIpc) is 1.84. The first-order valence-corrected chi connectivity index (χ1v) is 2.48. The molecule has 0 N–H and O–H groups in total. The van der Waals surface area contributed by atoms with Crippen molar-refractivity contribution in [1.82, 2.24) is 0 Å². The second-order valence-electron chi connectivity index (χ2n) is 1.61. The van der Waals surface area contributed by atoms with E-state index in [-0.39, 0.29) is 6.26 Å². The fraction of sp³-hybridized carbons (Fsp3) is 0.400. The third kappa shape index (κ3) is 2.63. The highest BCUT2D eigenvalue weighted by molar-refractivity contribution is 4.95. The number of hydrogen-bond donors (Lipinski definition) is 0. The smallest absolute Gasteiger partial charge is 0.438 e. The summed E-state index contributed by atoms with van der Waals surface area (Å²) in [6.45, 7) is 2.56. The second kappa shape index (κ2) is 3.24. The Bertz CT molecular complexity index is 162. The van der Waals surface area contributed by atoms with Crippen molar-refractivity contribution in [2.45, 2.75) is 12.3 Å². The van der Waals surface area contributed by atoms with Crippen molar-refractivity contribution in [1.29, 1.82) is 0 Å². The molecule has 0 heterocycles. The van der Waals surface area contributed by atoms with E-state index >= 15 is 0 Å². The number of hydrogen-bond acceptors (Lipinski definition) is 1. The molecule has 0 aromatic rings. The maximum absolute atomic E-state index is 11.9. The van der Waals surface area contributed by atoms with Crippen molar-refractivity contribution in [3.63, 3.8) is 0 Å². The van der Waals surface area contributed by atoms with E-state index in [9.17, 15) is 26.3 Å². The summed E-state index contributed by atoms with van der Waals surface area (Å²) in [5, 5.41) is 0. The summed E-state index contributed by atoms with van der Waals surface area (Å²) in [5.74, 6) is 0. The summed E-state index contributed by atoms with van der Waals surface area (Å²) in [5.41, 5.74) is 0. The van der Waals surface area contributed by atoms with E-state index in [1.54, 1.807) is 0 Å². The fourth-order valence-corrected chi connectivity index (χ4v) is 0.321. The molecule has 0 aliphatic rings. The summed E-state index contributed by atoms with van der Waals surface area (Å²) < 4.78 is 72.3. The second-order valence-corrected chi connectivity index (χ2v) is 1.61. The van der Waals surface area contributed by atoms with Crippen LogP contribution >= 0.6 is 0 Å². The van der Waals surface area contributed by atoms with Crippen molar-refractivity contribution in [2.75, 3.05) is 0 Å². The van der Waals surface area contributed by atoms with Crippen LogP contribution in [0.2, 0.25) is 0 Å². The van der Waals surface area contributed by atoms with E-state index in [4.69, 9.17) is 0 Å². The molecule has 0 aromatic heterocycles. The van der Waals surface area contributed by atoms with Gasteiger partial charge in [0.15, 0.2) is 0 Å². The Balaban J connectivity index is 4.44. The Hall–Kier alpha value is -0.880. The standard InChI is InChI=1S/C5H3F6O/c1-2-12-5(10,11)3(6)4(7,8)9/h2H,1H2. The van der Waals surface area contributed by atoms with Crippen molar-refractivity contribution < 1.29 is 31.1 Å². The van der Waals surface area contributed by atoms with Gasteiger partial charge in [-0.05, 0) is 0 Å². The van der Waals surface area contributed by atoms with Gasteiger partial charge >= 0.3 is 18.5 Å². The molecule has 12 heavy (non-hydrogen) atoms. The highest BCUT2D eigenvalue weighted by Crippen LogP contribution is 2.41. The van der Waals surface area contributed by atoms with E-state index in [0.717, 1.165) is 0 Å². The van der Waals surface area contributed by atoms with E-state index in [0.29, 0.717) is 0 Å². The van der Waals surface area contributed by atoms with Gasteiger partial charge in [-0.3, -0.25) is 0 Å². The van der Waals surface area contributed by atoms with E-state index in [1.165, 1.54) is 0 Å². The summed E-state index contributed by atoms with van der Waals surface area (Å²) in [7, 11) is 0. The van der Waals surface area contributed by atoms with Gasteiger partial charge in [0.25, 0.3) is 0 Å². The molecule has 0 fully saturated rings. The lowest BCUT2D eigenvalue weighted by Crippen LogP contribution is -2.35. The van der Waals surface area contributed by atoms with Crippen LogP contribution in [0.15, 0.2) is 12.8 Å². The molecule has 7 heteroatoms. The third-order valence-corrected chi connectivity index (χ3v) is 0.736. The minimum Gasteiger partial charge on any atom is -0.438 e. The van der Waals surface area contributed by atoms with Crippen LogP contribution in [0.5, 0.6) is 0 Å². The zero-order valence-electron chi connectivity index (χ0n) is 5.46. The fourth-order valence-electron chi connectivity index (χ4n) is 0.321. The number of rotatable bonds is 3. The normalized spacial score (nSPS) is 13.2. The predicted octanol–water partition coefficient (Wildman–Crippen LogP) is 2.80. The van der Waals surface area contributed by atoms with Crippen molar-refractivity contribution in [3.8, 4) is 0 Å². The predicted molar refractivity (Wildman–Crippen MR) is 26.6 cm³/mol. The summed E-state index contributed by atoms with van der Waals surface area (Å²) in [6, 6.07) is 0. The molecule has 0 amide bonds. The molecule has 0 spiro atoms. The average molecular weight is 193 g/mol. The molecule has 1 nitrogen and oxygen atoms in total. The zero-order chi connectivity index (χ0) is 9.99.